The Labute approximate surface area is 186 Å². The van der Waals surface area contributed by atoms with Crippen molar-refractivity contribution in [1.29, 1.82) is 0 Å². The molecule has 0 unspecified atom stereocenters. The van der Waals surface area contributed by atoms with Crippen molar-refractivity contribution in [2.45, 2.75) is 0 Å². The van der Waals surface area contributed by atoms with E-state index in [0.717, 1.165) is 0 Å². The second-order valence-corrected chi connectivity index (χ2v) is 6.70. The number of halogens is 1. The minimum absolute atomic E-state index is 0.0127. The lowest BCUT2D eigenvalue weighted by Gasteiger charge is -2.13. The fraction of sp³-hybridized carbons (Fsp3) is 0.100. The van der Waals surface area contributed by atoms with Crippen molar-refractivity contribution in [3.05, 3.63) is 64.9 Å². The van der Waals surface area contributed by atoms with Crippen LogP contribution in [-0.2, 0) is 4.79 Å². The van der Waals surface area contributed by atoms with Crippen LogP contribution in [-0.4, -0.2) is 46.3 Å². The summed E-state index contributed by atoms with van der Waals surface area (Å²) < 4.78 is 11.6. The number of amides is 3. The Kier molecular flexibility index (Phi) is 6.80. The highest BCUT2D eigenvalue weighted by molar-refractivity contribution is 6.32. The number of carbonyl (C=O) groups excluding carboxylic acids is 3. The number of hydrogen-bond donors (Lipinski definition) is 4. The third kappa shape index (κ3) is 5.08. The molecule has 5 N–H and O–H groups in total. The molecule has 12 heteroatoms. The molecule has 3 rings (SSSR count). The first-order chi connectivity index (χ1) is 15.3. The molecule has 0 saturated carbocycles. The molecule has 0 aliphatic rings. The van der Waals surface area contributed by atoms with E-state index in [0.29, 0.717) is 5.69 Å². The second-order valence-electron chi connectivity index (χ2n) is 6.30. The standard InChI is InChI=1S/C20H18ClN5O6/c1-31-15-8-11(7-13(21)18(15)32-10-16(22)28)19(29)23-24-20(30)17-14(27)9-26(25-17)12-5-3-2-4-6-12/h2-9,27H,10H2,1H3,(H2,22,28)(H,23,29)(H,24,30). The molecule has 2 aromatic carbocycles. The minimum Gasteiger partial charge on any atom is -0.504 e. The van der Waals surface area contributed by atoms with Crippen molar-refractivity contribution in [2.24, 2.45) is 5.73 Å². The predicted octanol–water partition coefficient (Wildman–Crippen LogP) is 1.18. The van der Waals surface area contributed by atoms with Crippen molar-refractivity contribution in [2.75, 3.05) is 13.7 Å². The average molecular weight is 460 g/mol. The molecule has 0 fully saturated rings. The van der Waals surface area contributed by atoms with Crippen LogP contribution in [0.1, 0.15) is 20.8 Å². The fourth-order valence-electron chi connectivity index (χ4n) is 2.62. The number of primary amides is 1. The van der Waals surface area contributed by atoms with Gasteiger partial charge in [0.05, 0.1) is 24.0 Å². The Balaban J connectivity index is 1.70. The van der Waals surface area contributed by atoms with Crippen molar-refractivity contribution >= 4 is 29.3 Å². The highest BCUT2D eigenvalue weighted by Crippen LogP contribution is 2.36. The van der Waals surface area contributed by atoms with E-state index in [1.54, 1.807) is 24.3 Å². The van der Waals surface area contributed by atoms with Gasteiger partial charge in [-0.15, -0.1) is 0 Å². The lowest BCUT2D eigenvalue weighted by Crippen LogP contribution is -2.41. The normalized spacial score (nSPS) is 10.3. The van der Waals surface area contributed by atoms with Gasteiger partial charge in [-0.05, 0) is 24.3 Å². The van der Waals surface area contributed by atoms with Crippen LogP contribution in [0.15, 0.2) is 48.7 Å². The number of nitrogens with two attached hydrogens (primary N) is 1. The molecule has 1 aromatic heterocycles. The summed E-state index contributed by atoms with van der Waals surface area (Å²) in [5.74, 6) is -2.56. The van der Waals surface area contributed by atoms with Crippen LogP contribution >= 0.6 is 11.6 Å². The summed E-state index contributed by atoms with van der Waals surface area (Å²) in [5.41, 5.74) is 9.77. The van der Waals surface area contributed by atoms with Gasteiger partial charge in [0.2, 0.25) is 0 Å². The average Bonchev–Trinajstić information content (AvgIpc) is 3.18. The molecule has 0 aliphatic carbocycles. The number of aromatic nitrogens is 2. The van der Waals surface area contributed by atoms with Crippen LogP contribution in [0, 0.1) is 0 Å². The van der Waals surface area contributed by atoms with Crippen LogP contribution in [0.4, 0.5) is 0 Å². The number of benzene rings is 2. The number of rotatable bonds is 7. The highest BCUT2D eigenvalue weighted by Gasteiger charge is 2.20. The van der Waals surface area contributed by atoms with Gasteiger partial charge in [0.15, 0.2) is 29.5 Å². The number of para-hydroxylation sites is 1. The third-order valence-electron chi connectivity index (χ3n) is 4.07. The Hall–Kier alpha value is -4.25. The number of hydrogen-bond acceptors (Lipinski definition) is 7. The summed E-state index contributed by atoms with van der Waals surface area (Å²) >= 11 is 6.11. The Morgan fingerprint density at radius 2 is 1.84 bits per heavy atom. The molecule has 1 heterocycles. The van der Waals surface area contributed by atoms with Gasteiger partial charge in [-0.3, -0.25) is 25.2 Å². The molecular formula is C20H18ClN5O6. The molecule has 0 bridgehead atoms. The van der Waals surface area contributed by atoms with Crippen LogP contribution in [0.2, 0.25) is 5.02 Å². The van der Waals surface area contributed by atoms with Crippen molar-refractivity contribution < 1.29 is 29.0 Å². The summed E-state index contributed by atoms with van der Waals surface area (Å²) in [7, 11) is 1.32. The number of methoxy groups -OCH3 is 1. The van der Waals surface area contributed by atoms with Crippen LogP contribution in [0.3, 0.4) is 0 Å². The fourth-order valence-corrected chi connectivity index (χ4v) is 2.88. The molecule has 0 spiro atoms. The lowest BCUT2D eigenvalue weighted by molar-refractivity contribution is -0.119. The molecular weight excluding hydrogens is 442 g/mol. The molecule has 166 valence electrons. The van der Waals surface area contributed by atoms with E-state index in [1.165, 1.54) is 30.1 Å². The zero-order valence-corrected chi connectivity index (χ0v) is 17.4. The maximum atomic E-state index is 12.4. The van der Waals surface area contributed by atoms with Crippen molar-refractivity contribution in [3.8, 4) is 22.9 Å². The SMILES string of the molecule is COc1cc(C(=O)NNC(=O)c2nn(-c3ccccc3)cc2O)cc(Cl)c1OCC(N)=O. The monoisotopic (exact) mass is 459 g/mol. The maximum Gasteiger partial charge on any atom is 0.294 e. The van der Waals surface area contributed by atoms with Gasteiger partial charge in [-0.2, -0.15) is 5.10 Å². The van der Waals surface area contributed by atoms with E-state index in [9.17, 15) is 19.5 Å². The summed E-state index contributed by atoms with van der Waals surface area (Å²) in [5, 5.41) is 14.0. The Bertz CT molecular complexity index is 1160. The summed E-state index contributed by atoms with van der Waals surface area (Å²) in [6, 6.07) is 11.4. The highest BCUT2D eigenvalue weighted by atomic mass is 35.5. The molecule has 0 radical (unpaired) electrons. The first-order valence-corrected chi connectivity index (χ1v) is 9.41. The summed E-state index contributed by atoms with van der Waals surface area (Å²) in [6.45, 7) is -0.434. The van der Waals surface area contributed by atoms with Crippen LogP contribution in [0.25, 0.3) is 5.69 Å². The largest absolute Gasteiger partial charge is 0.504 e. The predicted molar refractivity (Wildman–Crippen MR) is 113 cm³/mol. The minimum atomic E-state index is -0.843. The topological polar surface area (TPSA) is 158 Å². The first-order valence-electron chi connectivity index (χ1n) is 9.03. The lowest BCUT2D eigenvalue weighted by atomic mass is 10.2. The van der Waals surface area contributed by atoms with Crippen molar-refractivity contribution in [1.82, 2.24) is 20.6 Å². The molecule has 0 aliphatic heterocycles. The molecule has 11 nitrogen and oxygen atoms in total. The number of carbonyl (C=O) groups is 3. The number of nitrogens with one attached hydrogen (secondary N) is 2. The zero-order chi connectivity index (χ0) is 23.3. The molecule has 3 amide bonds. The van der Waals surface area contributed by atoms with Gasteiger partial charge in [0.1, 0.15) is 0 Å². The van der Waals surface area contributed by atoms with E-state index in [4.69, 9.17) is 26.8 Å². The van der Waals surface area contributed by atoms with Crippen LogP contribution in [0.5, 0.6) is 17.2 Å². The third-order valence-corrected chi connectivity index (χ3v) is 4.35. The van der Waals surface area contributed by atoms with Gasteiger partial charge in [-0.25, -0.2) is 4.68 Å². The number of ether oxygens (including phenoxy) is 2. The van der Waals surface area contributed by atoms with Gasteiger partial charge in [0, 0.05) is 5.56 Å². The van der Waals surface area contributed by atoms with E-state index in [1.807, 2.05) is 6.07 Å². The van der Waals surface area contributed by atoms with Gasteiger partial charge >= 0.3 is 0 Å². The number of aromatic hydroxyl groups is 1. The Morgan fingerprint density at radius 3 is 2.50 bits per heavy atom. The van der Waals surface area contributed by atoms with E-state index in [2.05, 4.69) is 16.0 Å². The van der Waals surface area contributed by atoms with E-state index in [-0.39, 0.29) is 33.5 Å². The number of hydrazine groups is 1. The molecule has 3 aromatic rings. The Morgan fingerprint density at radius 1 is 1.16 bits per heavy atom. The van der Waals surface area contributed by atoms with E-state index < -0.39 is 24.3 Å². The van der Waals surface area contributed by atoms with Crippen LogP contribution < -0.4 is 26.1 Å². The maximum absolute atomic E-state index is 12.4. The molecule has 0 atom stereocenters. The summed E-state index contributed by atoms with van der Waals surface area (Å²) in [6.07, 6.45) is 1.27. The van der Waals surface area contributed by atoms with Gasteiger partial charge in [-0.1, -0.05) is 29.8 Å². The second kappa shape index (κ2) is 9.71. The first kappa shape index (κ1) is 22.4. The van der Waals surface area contributed by atoms with Crippen molar-refractivity contribution in [3.63, 3.8) is 0 Å². The summed E-state index contributed by atoms with van der Waals surface area (Å²) in [4.78, 5) is 35.7. The van der Waals surface area contributed by atoms with Gasteiger partial charge < -0.3 is 20.3 Å². The zero-order valence-electron chi connectivity index (χ0n) is 16.7. The van der Waals surface area contributed by atoms with Gasteiger partial charge in [0.25, 0.3) is 17.7 Å². The molecule has 32 heavy (non-hydrogen) atoms. The smallest absolute Gasteiger partial charge is 0.294 e. The quantitative estimate of drug-likeness (QED) is 0.386. The van der Waals surface area contributed by atoms with E-state index >= 15 is 0 Å². The number of nitrogens with zero attached hydrogens (tertiary/aromatic N) is 2. The molecule has 0 saturated heterocycles.